The second-order valence-electron chi connectivity index (χ2n) is 9.19. The van der Waals surface area contributed by atoms with Crippen LogP contribution in [-0.4, -0.2) is 95.5 Å². The van der Waals surface area contributed by atoms with Gasteiger partial charge in [-0.2, -0.15) is 0 Å². The Bertz CT molecular complexity index is 1270. The first-order chi connectivity index (χ1) is 18.2. The quantitative estimate of drug-likeness (QED) is 0.500. The lowest BCUT2D eigenvalue weighted by molar-refractivity contribution is -0.133. The van der Waals surface area contributed by atoms with Crippen LogP contribution in [0, 0.1) is 11.6 Å². The van der Waals surface area contributed by atoms with Gasteiger partial charge in [0.25, 0.3) is 5.91 Å². The third-order valence-electron chi connectivity index (χ3n) is 6.63. The van der Waals surface area contributed by atoms with Crippen molar-refractivity contribution < 1.29 is 33.0 Å². The summed E-state index contributed by atoms with van der Waals surface area (Å²) in [6, 6.07) is 1.27. The van der Waals surface area contributed by atoms with Crippen molar-refractivity contribution in [3.05, 3.63) is 41.7 Å². The van der Waals surface area contributed by atoms with Crippen LogP contribution >= 0.6 is 0 Å². The summed E-state index contributed by atoms with van der Waals surface area (Å²) in [7, 11) is 0. The van der Waals surface area contributed by atoms with E-state index >= 15 is 0 Å². The van der Waals surface area contributed by atoms with Crippen LogP contribution < -0.4 is 20.4 Å². The molecule has 202 valence electrons. The molecule has 1 aromatic carbocycles. The number of nitrogens with one attached hydrogen (secondary N) is 2. The number of hydrogen-bond donors (Lipinski definition) is 3. The van der Waals surface area contributed by atoms with Crippen molar-refractivity contribution in [3.8, 4) is 0 Å². The number of halogens is 2. The van der Waals surface area contributed by atoms with Crippen molar-refractivity contribution in [2.75, 3.05) is 61.0 Å². The number of anilines is 3. The number of cyclic esters (lactones) is 1. The molecular weight excluding hydrogens is 504 g/mol. The summed E-state index contributed by atoms with van der Waals surface area (Å²) in [6.07, 6.45) is 3.69. The molecule has 38 heavy (non-hydrogen) atoms. The van der Waals surface area contributed by atoms with Gasteiger partial charge < -0.3 is 30.3 Å². The van der Waals surface area contributed by atoms with Crippen molar-refractivity contribution in [3.63, 3.8) is 0 Å². The zero-order valence-corrected chi connectivity index (χ0v) is 20.6. The number of hydrogen-bond acceptors (Lipinski definition) is 8. The Morgan fingerprint density at radius 1 is 1.24 bits per heavy atom. The predicted molar refractivity (Wildman–Crippen MR) is 133 cm³/mol. The maximum absolute atomic E-state index is 15.0. The zero-order chi connectivity index (χ0) is 27.0. The number of carbonyl (C=O) groups is 3. The lowest BCUT2D eigenvalue weighted by Gasteiger charge is -2.37. The van der Waals surface area contributed by atoms with E-state index in [1.54, 1.807) is 23.9 Å². The lowest BCUT2D eigenvalue weighted by Crippen LogP contribution is -2.54. The van der Waals surface area contributed by atoms with Gasteiger partial charge in [-0.3, -0.25) is 19.1 Å². The van der Waals surface area contributed by atoms with Gasteiger partial charge in [-0.05, 0) is 13.0 Å². The Labute approximate surface area is 216 Å². The highest BCUT2D eigenvalue weighted by atomic mass is 19.1. The Morgan fingerprint density at radius 2 is 1.95 bits per heavy atom. The molecule has 3 aliphatic rings. The van der Waals surface area contributed by atoms with Crippen LogP contribution in [0.1, 0.15) is 17.4 Å². The Balaban J connectivity index is 1.18. The minimum absolute atomic E-state index is 0.00607. The molecule has 0 aliphatic carbocycles. The molecule has 5 rings (SSSR count). The number of amides is 3. The fourth-order valence-electron chi connectivity index (χ4n) is 4.66. The van der Waals surface area contributed by atoms with E-state index < -0.39 is 42.4 Å². The number of aromatic nitrogens is 2. The Kier molecular flexibility index (Phi) is 6.89. The number of rotatable bonds is 6. The van der Waals surface area contributed by atoms with Crippen LogP contribution in [0.25, 0.3) is 6.20 Å². The average molecular weight is 532 g/mol. The first kappa shape index (κ1) is 25.4. The van der Waals surface area contributed by atoms with Gasteiger partial charge in [-0.25, -0.2) is 18.6 Å². The molecule has 0 unspecified atom stereocenters. The molecule has 12 nitrogen and oxygen atoms in total. The van der Waals surface area contributed by atoms with Crippen LogP contribution in [0.15, 0.2) is 24.4 Å². The number of aliphatic hydroxyl groups excluding tert-OH is 1. The van der Waals surface area contributed by atoms with Crippen LogP contribution in [-0.2, 0) is 9.53 Å². The number of nitrogens with zero attached hydrogens (tertiary/aromatic N) is 5. The van der Waals surface area contributed by atoms with E-state index in [9.17, 15) is 28.3 Å². The molecule has 3 aliphatic heterocycles. The number of piperazine rings is 1. The van der Waals surface area contributed by atoms with Crippen molar-refractivity contribution in [1.29, 1.82) is 0 Å². The van der Waals surface area contributed by atoms with Crippen molar-refractivity contribution in [2.45, 2.75) is 19.1 Å². The summed E-state index contributed by atoms with van der Waals surface area (Å²) in [5, 5.41) is 14.9. The molecule has 4 heterocycles. The van der Waals surface area contributed by atoms with E-state index in [1.807, 2.05) is 6.08 Å². The summed E-state index contributed by atoms with van der Waals surface area (Å²) in [5.41, 5.74) is -0.0830. The number of aliphatic hydroxyl groups is 1. The second kappa shape index (κ2) is 10.3. The molecule has 0 bridgehead atoms. The monoisotopic (exact) mass is 531 g/mol. The first-order valence-electron chi connectivity index (χ1n) is 12.2. The molecule has 3 amide bonds. The lowest BCUT2D eigenvalue weighted by atomic mass is 10.1. The topological polar surface area (TPSA) is 132 Å². The van der Waals surface area contributed by atoms with Gasteiger partial charge in [0.1, 0.15) is 23.5 Å². The summed E-state index contributed by atoms with van der Waals surface area (Å²) in [6.45, 7) is 2.51. The number of carbonyl (C=O) groups excluding carboxylic acids is 3. The molecule has 0 radical (unpaired) electrons. The van der Waals surface area contributed by atoms with Gasteiger partial charge in [0.05, 0.1) is 18.8 Å². The van der Waals surface area contributed by atoms with Gasteiger partial charge in [-0.15, -0.1) is 0 Å². The van der Waals surface area contributed by atoms with E-state index in [-0.39, 0.29) is 55.7 Å². The highest BCUT2D eigenvalue weighted by Gasteiger charge is 2.34. The maximum Gasteiger partial charge on any atom is 0.414 e. The highest BCUT2D eigenvalue weighted by Crippen LogP contribution is 2.31. The number of ether oxygens (including phenoxy) is 1. The molecule has 3 N–H and O–H groups in total. The Hall–Kier alpha value is -4.20. The predicted octanol–water partition coefficient (Wildman–Crippen LogP) is 0.842. The molecular formula is C24H27F2N7O5. The fourth-order valence-corrected chi connectivity index (χ4v) is 4.66. The molecule has 1 aromatic heterocycles. The van der Waals surface area contributed by atoms with Gasteiger partial charge in [0.2, 0.25) is 11.9 Å². The number of benzene rings is 1. The molecule has 2 saturated heterocycles. The zero-order valence-electron chi connectivity index (χ0n) is 20.6. The largest absolute Gasteiger partial charge is 0.441 e. The smallest absolute Gasteiger partial charge is 0.414 e. The standard InChI is InChI=1S/C24H27F2N7O5/c1-14(28-21(35)19-12-32-4-2-3-27-23(32)29-19)22(36)31-7-5-30(6-8-31)20-17(25)9-15(10-18(20)26)33-11-16(13-34)38-24(33)37/h2,4,9-10,12,14,16,34H,3,5-8,11,13H2,1H3,(H,27,29)(H,28,35)/t14-,16+/m0/s1. The summed E-state index contributed by atoms with van der Waals surface area (Å²) in [5.74, 6) is -1.98. The highest BCUT2D eigenvalue weighted by molar-refractivity contribution is 5.96. The average Bonchev–Trinajstić information content (AvgIpc) is 3.51. The number of fused-ring (bicyclic) bond motifs is 1. The van der Waals surface area contributed by atoms with Crippen LogP contribution in [0.5, 0.6) is 0 Å². The van der Waals surface area contributed by atoms with Gasteiger partial charge in [0, 0.05) is 57.3 Å². The van der Waals surface area contributed by atoms with Crippen LogP contribution in [0.2, 0.25) is 0 Å². The number of imidazole rings is 1. The van der Waals surface area contributed by atoms with E-state index in [0.717, 1.165) is 17.0 Å². The van der Waals surface area contributed by atoms with Crippen molar-refractivity contribution in [1.82, 2.24) is 19.8 Å². The van der Waals surface area contributed by atoms with Crippen LogP contribution in [0.3, 0.4) is 0 Å². The molecule has 0 saturated carbocycles. The molecule has 2 atom stereocenters. The normalized spacial score (nSPS) is 19.6. The fraction of sp³-hybridized carbons (Fsp3) is 0.417. The van der Waals surface area contributed by atoms with Crippen molar-refractivity contribution in [2.24, 2.45) is 0 Å². The summed E-state index contributed by atoms with van der Waals surface area (Å²) < 4.78 is 36.6. The summed E-state index contributed by atoms with van der Waals surface area (Å²) in [4.78, 5) is 45.8. The minimum Gasteiger partial charge on any atom is -0.441 e. The summed E-state index contributed by atoms with van der Waals surface area (Å²) >= 11 is 0. The van der Waals surface area contributed by atoms with Crippen LogP contribution in [0.4, 0.5) is 30.9 Å². The maximum atomic E-state index is 15.0. The van der Waals surface area contributed by atoms with E-state index in [1.165, 1.54) is 9.80 Å². The van der Waals surface area contributed by atoms with Gasteiger partial charge >= 0.3 is 6.09 Å². The van der Waals surface area contributed by atoms with E-state index in [0.29, 0.717) is 12.5 Å². The Morgan fingerprint density at radius 3 is 2.58 bits per heavy atom. The minimum atomic E-state index is -0.854. The first-order valence-corrected chi connectivity index (χ1v) is 12.2. The molecule has 0 spiro atoms. The molecule has 2 fully saturated rings. The second-order valence-corrected chi connectivity index (χ2v) is 9.19. The third kappa shape index (κ3) is 4.86. The SMILES string of the molecule is C[C@H](NC(=O)c1cn2c(n1)NCC=C2)C(=O)N1CCN(c2c(F)cc(N3C[C@H](CO)OC3=O)cc2F)CC1. The van der Waals surface area contributed by atoms with Gasteiger partial charge in [0.15, 0.2) is 11.6 Å². The molecule has 2 aromatic rings. The van der Waals surface area contributed by atoms with Crippen molar-refractivity contribution >= 4 is 41.4 Å². The van der Waals surface area contributed by atoms with E-state index in [4.69, 9.17) is 4.74 Å². The van der Waals surface area contributed by atoms with E-state index in [2.05, 4.69) is 15.6 Å². The molecule has 14 heteroatoms. The van der Waals surface area contributed by atoms with Gasteiger partial charge in [-0.1, -0.05) is 0 Å². The third-order valence-corrected chi connectivity index (χ3v) is 6.63.